The molecular formula is C19H25F3N6O3. The number of carboxylic acid groups (broad SMARTS) is 1. The Morgan fingerprint density at radius 3 is 2.74 bits per heavy atom. The molecule has 1 atom stereocenters. The number of carbonyl (C=O) groups is 1. The second-order valence-corrected chi connectivity index (χ2v) is 7.51. The fourth-order valence-corrected chi connectivity index (χ4v) is 3.06. The van der Waals surface area contributed by atoms with Crippen molar-refractivity contribution in [2.75, 3.05) is 31.6 Å². The van der Waals surface area contributed by atoms with E-state index in [4.69, 9.17) is 19.6 Å². The van der Waals surface area contributed by atoms with Crippen LogP contribution in [0, 0.1) is 5.92 Å². The zero-order valence-corrected chi connectivity index (χ0v) is 17.0. The highest BCUT2D eigenvalue weighted by molar-refractivity contribution is 5.73. The van der Waals surface area contributed by atoms with Gasteiger partial charge in [0.25, 0.3) is 0 Å². The van der Waals surface area contributed by atoms with Gasteiger partial charge in [-0.3, -0.25) is 9.58 Å². The first kappa shape index (κ1) is 22.9. The summed E-state index contributed by atoms with van der Waals surface area (Å²) in [6.45, 7) is 4.10. The van der Waals surface area contributed by atoms with Crippen LogP contribution in [0.1, 0.15) is 30.3 Å². The lowest BCUT2D eigenvalue weighted by atomic mass is 10.2. The number of aryl methyl sites for hydroxylation is 1. The summed E-state index contributed by atoms with van der Waals surface area (Å²) in [7, 11) is 1.94. The molecule has 1 unspecified atom stereocenters. The minimum atomic E-state index is -5.08. The molecule has 31 heavy (non-hydrogen) atoms. The van der Waals surface area contributed by atoms with Gasteiger partial charge < -0.3 is 15.2 Å². The van der Waals surface area contributed by atoms with Crippen LogP contribution in [0.4, 0.5) is 19.0 Å². The van der Waals surface area contributed by atoms with Crippen molar-refractivity contribution in [3.63, 3.8) is 0 Å². The smallest absolute Gasteiger partial charge is 0.475 e. The number of rotatable bonds is 6. The van der Waals surface area contributed by atoms with Gasteiger partial charge in [-0.2, -0.15) is 18.3 Å². The number of nitrogens with zero attached hydrogens (tertiary/aromatic N) is 5. The van der Waals surface area contributed by atoms with Crippen LogP contribution < -0.4 is 5.32 Å². The largest absolute Gasteiger partial charge is 0.490 e. The molecule has 2 aliphatic rings. The number of aromatic nitrogens is 4. The van der Waals surface area contributed by atoms with Crippen molar-refractivity contribution < 1.29 is 27.8 Å². The minimum Gasteiger partial charge on any atom is -0.475 e. The SMILES string of the molecule is Cn1cc(CN2CCOCC2c2nccc(NCC3CC3)n2)cn1.O=C(O)C(F)(F)F. The Balaban J connectivity index is 0.000000339. The molecule has 0 aromatic carbocycles. The highest BCUT2D eigenvalue weighted by Gasteiger charge is 2.38. The molecule has 12 heteroatoms. The van der Waals surface area contributed by atoms with Crippen LogP contribution in [-0.2, 0) is 23.1 Å². The highest BCUT2D eigenvalue weighted by atomic mass is 19.4. The number of hydrogen-bond acceptors (Lipinski definition) is 7. The van der Waals surface area contributed by atoms with Gasteiger partial charge in [0.2, 0.25) is 0 Å². The van der Waals surface area contributed by atoms with E-state index < -0.39 is 12.1 Å². The summed E-state index contributed by atoms with van der Waals surface area (Å²) in [4.78, 5) is 20.5. The predicted octanol–water partition coefficient (Wildman–Crippen LogP) is 2.24. The van der Waals surface area contributed by atoms with Gasteiger partial charge in [-0.25, -0.2) is 14.8 Å². The van der Waals surface area contributed by atoms with Crippen molar-refractivity contribution in [1.82, 2.24) is 24.6 Å². The maximum Gasteiger partial charge on any atom is 0.490 e. The van der Waals surface area contributed by atoms with E-state index in [1.165, 1.54) is 18.4 Å². The predicted molar refractivity (Wildman–Crippen MR) is 104 cm³/mol. The Bertz CT molecular complexity index is 872. The summed E-state index contributed by atoms with van der Waals surface area (Å²) in [5.41, 5.74) is 1.20. The average Bonchev–Trinajstić information content (AvgIpc) is 3.47. The first-order valence-electron chi connectivity index (χ1n) is 9.88. The van der Waals surface area contributed by atoms with Crippen molar-refractivity contribution in [1.29, 1.82) is 0 Å². The van der Waals surface area contributed by atoms with Gasteiger partial charge in [-0.1, -0.05) is 0 Å². The molecule has 0 bridgehead atoms. The van der Waals surface area contributed by atoms with E-state index in [9.17, 15) is 13.2 Å². The molecule has 170 valence electrons. The van der Waals surface area contributed by atoms with Crippen molar-refractivity contribution in [2.45, 2.75) is 31.6 Å². The van der Waals surface area contributed by atoms with Gasteiger partial charge in [-0.05, 0) is 24.8 Å². The van der Waals surface area contributed by atoms with Crippen LogP contribution in [0.3, 0.4) is 0 Å². The molecule has 3 heterocycles. The number of alkyl halides is 3. The van der Waals surface area contributed by atoms with E-state index in [1.54, 1.807) is 0 Å². The summed E-state index contributed by atoms with van der Waals surface area (Å²) in [6, 6.07) is 2.03. The van der Waals surface area contributed by atoms with Gasteiger partial charge in [0.15, 0.2) is 0 Å². The van der Waals surface area contributed by atoms with Crippen molar-refractivity contribution in [3.05, 3.63) is 36.0 Å². The van der Waals surface area contributed by atoms with E-state index >= 15 is 0 Å². The molecule has 1 aliphatic carbocycles. The maximum atomic E-state index is 10.6. The third-order valence-corrected chi connectivity index (χ3v) is 4.87. The number of hydrogen-bond donors (Lipinski definition) is 2. The maximum absolute atomic E-state index is 10.6. The molecule has 2 aromatic heterocycles. The molecule has 4 rings (SSSR count). The number of halogens is 3. The summed E-state index contributed by atoms with van der Waals surface area (Å²) >= 11 is 0. The molecule has 2 fully saturated rings. The van der Waals surface area contributed by atoms with Crippen molar-refractivity contribution in [2.24, 2.45) is 13.0 Å². The van der Waals surface area contributed by atoms with Gasteiger partial charge in [0.1, 0.15) is 11.6 Å². The minimum absolute atomic E-state index is 0.0848. The Morgan fingerprint density at radius 2 is 2.13 bits per heavy atom. The average molecular weight is 442 g/mol. The molecule has 2 N–H and O–H groups in total. The quantitative estimate of drug-likeness (QED) is 0.702. The van der Waals surface area contributed by atoms with Gasteiger partial charge >= 0.3 is 12.1 Å². The standard InChI is InChI=1S/C17H24N6O.C2HF3O2/c1-22-10-14(9-20-22)11-23-6-7-24-12-15(23)17-18-5-4-16(21-17)19-8-13-2-3-13;3-2(4,5)1(6)7/h4-5,9-10,13,15H,2-3,6-8,11-12H2,1H3,(H,18,19,21);(H,6,7). The summed E-state index contributed by atoms with van der Waals surface area (Å²) < 4.78 is 39.3. The highest BCUT2D eigenvalue weighted by Crippen LogP contribution is 2.29. The molecule has 0 radical (unpaired) electrons. The van der Waals surface area contributed by atoms with Crippen LogP contribution in [0.25, 0.3) is 0 Å². The Labute approximate surface area is 177 Å². The van der Waals surface area contributed by atoms with Crippen LogP contribution in [0.2, 0.25) is 0 Å². The molecule has 1 saturated heterocycles. The number of morpholine rings is 1. The van der Waals surface area contributed by atoms with E-state index in [-0.39, 0.29) is 6.04 Å². The fraction of sp³-hybridized carbons (Fsp3) is 0.579. The number of anilines is 1. The summed E-state index contributed by atoms with van der Waals surface area (Å²) in [6.07, 6.45) is 3.40. The second-order valence-electron chi connectivity index (χ2n) is 7.51. The lowest BCUT2D eigenvalue weighted by molar-refractivity contribution is -0.192. The molecule has 1 aliphatic heterocycles. The number of ether oxygens (including phenoxy) is 1. The van der Waals surface area contributed by atoms with Gasteiger partial charge in [0, 0.05) is 44.6 Å². The molecule has 9 nitrogen and oxygen atoms in total. The lowest BCUT2D eigenvalue weighted by Crippen LogP contribution is -2.39. The van der Waals surface area contributed by atoms with Crippen LogP contribution in [0.5, 0.6) is 0 Å². The van der Waals surface area contributed by atoms with Gasteiger partial charge in [0.05, 0.1) is 25.5 Å². The molecule has 0 amide bonds. The fourth-order valence-electron chi connectivity index (χ4n) is 3.06. The number of aliphatic carboxylic acids is 1. The summed E-state index contributed by atoms with van der Waals surface area (Å²) in [5, 5.41) is 14.8. The lowest BCUT2D eigenvalue weighted by Gasteiger charge is -2.34. The van der Waals surface area contributed by atoms with Crippen LogP contribution in [0.15, 0.2) is 24.7 Å². The molecular weight excluding hydrogens is 417 g/mol. The number of nitrogens with one attached hydrogen (secondary N) is 1. The third-order valence-electron chi connectivity index (χ3n) is 4.87. The zero-order valence-electron chi connectivity index (χ0n) is 17.0. The normalized spacial score (nSPS) is 19.4. The Kier molecular flexibility index (Phi) is 7.44. The second kappa shape index (κ2) is 10.1. The third kappa shape index (κ3) is 7.17. The van der Waals surface area contributed by atoms with Crippen molar-refractivity contribution in [3.8, 4) is 0 Å². The van der Waals surface area contributed by atoms with E-state index in [0.29, 0.717) is 6.61 Å². The summed E-state index contributed by atoms with van der Waals surface area (Å²) in [5.74, 6) is -0.186. The zero-order chi connectivity index (χ0) is 22.4. The first-order valence-corrected chi connectivity index (χ1v) is 9.88. The monoisotopic (exact) mass is 442 g/mol. The first-order chi connectivity index (χ1) is 14.7. The van der Waals surface area contributed by atoms with E-state index in [1.807, 2.05) is 30.2 Å². The van der Waals surface area contributed by atoms with E-state index in [2.05, 4.69) is 26.5 Å². The molecule has 0 spiro atoms. The molecule has 1 saturated carbocycles. The van der Waals surface area contributed by atoms with E-state index in [0.717, 1.165) is 43.8 Å². The van der Waals surface area contributed by atoms with Crippen molar-refractivity contribution >= 4 is 11.8 Å². The Hall–Kier alpha value is -2.73. The topological polar surface area (TPSA) is 105 Å². The van der Waals surface area contributed by atoms with Crippen LogP contribution >= 0.6 is 0 Å². The van der Waals surface area contributed by atoms with Crippen LogP contribution in [-0.4, -0.2) is 68.2 Å². The number of carboxylic acids is 1. The van der Waals surface area contributed by atoms with Gasteiger partial charge in [-0.15, -0.1) is 0 Å². The Morgan fingerprint density at radius 1 is 1.39 bits per heavy atom. The molecule has 2 aromatic rings.